The number of hydrazone groups is 1. The molecule has 1 saturated heterocycles. The average Bonchev–Trinajstić information content (AvgIpc) is 2.47. The van der Waals surface area contributed by atoms with Gasteiger partial charge in [-0.15, -0.1) is 0 Å². The standard InChI is InChI=1S/C11H14N3O2P/c1-9-12-14-11(15)13(17(14,2,3)16-9)10-7-5-4-6-8-10/h4-8H,1-3H3. The first-order chi connectivity index (χ1) is 7.92. The first-order valence-electron chi connectivity index (χ1n) is 5.39. The van der Waals surface area contributed by atoms with Gasteiger partial charge in [0.25, 0.3) is 0 Å². The van der Waals surface area contributed by atoms with Gasteiger partial charge in [-0.05, 0) is 0 Å². The van der Waals surface area contributed by atoms with Gasteiger partial charge in [-0.2, -0.15) is 0 Å². The molecule has 0 bridgehead atoms. The Balaban J connectivity index is 2.08. The summed E-state index contributed by atoms with van der Waals surface area (Å²) in [5.74, 6) is 0.555. The summed E-state index contributed by atoms with van der Waals surface area (Å²) in [5.41, 5.74) is 0.862. The van der Waals surface area contributed by atoms with Crippen molar-refractivity contribution in [2.75, 3.05) is 18.0 Å². The van der Waals surface area contributed by atoms with Crippen LogP contribution in [0.25, 0.3) is 0 Å². The zero-order valence-corrected chi connectivity index (χ0v) is 10.9. The third kappa shape index (κ3) is 1.12. The van der Waals surface area contributed by atoms with Gasteiger partial charge in [0.05, 0.1) is 0 Å². The SMILES string of the molecule is CC1=NN2C(=O)N(c3ccccc3)P2(C)(C)O1. The van der Waals surface area contributed by atoms with Crippen LogP contribution >= 0.6 is 7.13 Å². The minimum absolute atomic E-state index is 0.115. The molecule has 5 nitrogen and oxygen atoms in total. The van der Waals surface area contributed by atoms with Crippen LogP contribution in [0.15, 0.2) is 35.4 Å². The van der Waals surface area contributed by atoms with Crippen molar-refractivity contribution < 1.29 is 9.32 Å². The molecule has 2 aliphatic heterocycles. The van der Waals surface area contributed by atoms with Gasteiger partial charge in [0.1, 0.15) is 0 Å². The molecule has 6 heteroatoms. The normalized spacial score (nSPS) is 26.2. The average molecular weight is 251 g/mol. The monoisotopic (exact) mass is 251 g/mol. The Kier molecular flexibility index (Phi) is 1.73. The van der Waals surface area contributed by atoms with Gasteiger partial charge in [-0.1, -0.05) is 0 Å². The van der Waals surface area contributed by atoms with E-state index in [0.29, 0.717) is 5.90 Å². The number of urea groups is 1. The number of carbonyl (C=O) groups excluding carboxylic acids is 1. The number of amides is 2. The van der Waals surface area contributed by atoms with Crippen molar-refractivity contribution >= 4 is 24.7 Å². The molecule has 0 saturated carbocycles. The first kappa shape index (κ1) is 10.5. The van der Waals surface area contributed by atoms with Crippen LogP contribution in [0, 0.1) is 0 Å². The predicted octanol–water partition coefficient (Wildman–Crippen LogP) is 2.85. The summed E-state index contributed by atoms with van der Waals surface area (Å²) in [7, 11) is -2.82. The Morgan fingerprint density at radius 3 is 2.53 bits per heavy atom. The Bertz CT molecular complexity index is 541. The number of fused-ring (bicyclic) bond motifs is 1. The van der Waals surface area contributed by atoms with E-state index in [9.17, 15) is 4.79 Å². The van der Waals surface area contributed by atoms with Crippen molar-refractivity contribution in [3.63, 3.8) is 0 Å². The maximum absolute atomic E-state index is 12.1. The molecule has 2 amide bonds. The summed E-state index contributed by atoms with van der Waals surface area (Å²) in [5, 5.41) is 4.15. The van der Waals surface area contributed by atoms with Crippen molar-refractivity contribution in [3.8, 4) is 0 Å². The van der Waals surface area contributed by atoms with Crippen LogP contribution in [-0.2, 0) is 4.52 Å². The fourth-order valence-electron chi connectivity index (χ4n) is 2.41. The second kappa shape index (κ2) is 2.79. The molecule has 90 valence electrons. The maximum atomic E-state index is 12.1. The summed E-state index contributed by atoms with van der Waals surface area (Å²) in [6.45, 7) is 5.72. The third-order valence-electron chi connectivity index (χ3n) is 3.10. The molecule has 0 unspecified atom stereocenters. The van der Waals surface area contributed by atoms with Crippen molar-refractivity contribution in [3.05, 3.63) is 30.3 Å². The van der Waals surface area contributed by atoms with E-state index in [-0.39, 0.29) is 6.03 Å². The van der Waals surface area contributed by atoms with Crippen LogP contribution in [0.5, 0.6) is 0 Å². The van der Waals surface area contributed by atoms with Crippen molar-refractivity contribution in [1.82, 2.24) is 4.78 Å². The van der Waals surface area contributed by atoms with E-state index in [0.717, 1.165) is 5.69 Å². The summed E-state index contributed by atoms with van der Waals surface area (Å²) < 4.78 is 9.13. The van der Waals surface area contributed by atoms with Crippen LogP contribution in [0.4, 0.5) is 10.5 Å². The Hall–Kier alpha value is -1.61. The van der Waals surface area contributed by atoms with Crippen LogP contribution in [0.3, 0.4) is 0 Å². The summed E-state index contributed by atoms with van der Waals surface area (Å²) >= 11 is 0. The quantitative estimate of drug-likeness (QED) is 0.720. The number of hydrogen-bond donors (Lipinski definition) is 0. The number of benzene rings is 1. The fourth-order valence-corrected chi connectivity index (χ4v) is 5.74. The van der Waals surface area contributed by atoms with Gasteiger partial charge in [-0.25, -0.2) is 0 Å². The topological polar surface area (TPSA) is 45.1 Å². The molecule has 0 spiro atoms. The van der Waals surface area contributed by atoms with E-state index in [2.05, 4.69) is 5.10 Å². The third-order valence-corrected chi connectivity index (χ3v) is 6.78. The van der Waals surface area contributed by atoms with Crippen LogP contribution in [-0.4, -0.2) is 30.0 Å². The summed E-state index contributed by atoms with van der Waals surface area (Å²) in [6.07, 6.45) is 0. The Labute approximate surface area is 99.8 Å². The van der Waals surface area contributed by atoms with Gasteiger partial charge >= 0.3 is 99.2 Å². The zero-order chi connectivity index (χ0) is 12.3. The molecule has 2 aliphatic rings. The van der Waals surface area contributed by atoms with Crippen LogP contribution in [0.2, 0.25) is 0 Å². The van der Waals surface area contributed by atoms with E-state index in [1.54, 1.807) is 11.6 Å². The second-order valence-corrected chi connectivity index (χ2v) is 9.49. The van der Waals surface area contributed by atoms with Crippen molar-refractivity contribution in [2.45, 2.75) is 6.92 Å². The van der Waals surface area contributed by atoms with Gasteiger partial charge in [-0.3, -0.25) is 0 Å². The van der Waals surface area contributed by atoms with Crippen LogP contribution in [0.1, 0.15) is 6.92 Å². The molecule has 0 radical (unpaired) electrons. The minimum atomic E-state index is -2.82. The van der Waals surface area contributed by atoms with Crippen molar-refractivity contribution in [1.29, 1.82) is 0 Å². The molecular weight excluding hydrogens is 237 g/mol. The number of carbonyl (C=O) groups is 1. The molecule has 0 aliphatic carbocycles. The number of hydrogen-bond acceptors (Lipinski definition) is 3. The van der Waals surface area contributed by atoms with E-state index >= 15 is 0 Å². The van der Waals surface area contributed by atoms with E-state index in [1.807, 2.05) is 43.7 Å². The van der Waals surface area contributed by atoms with Crippen LogP contribution < -0.4 is 4.67 Å². The summed E-state index contributed by atoms with van der Waals surface area (Å²) in [6, 6.07) is 9.45. The zero-order valence-electron chi connectivity index (χ0n) is 9.99. The predicted molar refractivity (Wildman–Crippen MR) is 69.1 cm³/mol. The number of anilines is 1. The molecule has 1 aromatic rings. The Morgan fingerprint density at radius 1 is 1.24 bits per heavy atom. The van der Waals surface area contributed by atoms with Gasteiger partial charge < -0.3 is 0 Å². The molecule has 0 N–H and O–H groups in total. The molecule has 17 heavy (non-hydrogen) atoms. The molecule has 2 heterocycles. The number of para-hydroxylation sites is 1. The van der Waals surface area contributed by atoms with E-state index < -0.39 is 7.13 Å². The Morgan fingerprint density at radius 2 is 1.88 bits per heavy atom. The second-order valence-electron chi connectivity index (χ2n) is 4.79. The fraction of sp³-hybridized carbons (Fsp3) is 0.273. The summed E-state index contributed by atoms with van der Waals surface area (Å²) in [4.78, 5) is 12.1. The van der Waals surface area contributed by atoms with Gasteiger partial charge in [0.15, 0.2) is 0 Å². The molecule has 0 atom stereocenters. The van der Waals surface area contributed by atoms with E-state index in [1.165, 1.54) is 4.78 Å². The first-order valence-corrected chi connectivity index (χ1v) is 8.34. The molecule has 3 rings (SSSR count). The number of rotatable bonds is 1. The van der Waals surface area contributed by atoms with Crippen molar-refractivity contribution in [2.24, 2.45) is 5.10 Å². The molecule has 0 aromatic heterocycles. The van der Waals surface area contributed by atoms with Gasteiger partial charge in [0, 0.05) is 0 Å². The molecule has 1 fully saturated rings. The molecular formula is C11H14N3O2P. The van der Waals surface area contributed by atoms with E-state index in [4.69, 9.17) is 4.52 Å². The number of nitrogens with zero attached hydrogens (tertiary/aromatic N) is 3. The van der Waals surface area contributed by atoms with Gasteiger partial charge in [0.2, 0.25) is 0 Å². The molecule has 1 aromatic carbocycles.